The van der Waals surface area contributed by atoms with Crippen molar-refractivity contribution in [2.45, 2.75) is 143 Å². The second-order valence-corrected chi connectivity index (χ2v) is 18.5. The quantitative estimate of drug-likeness (QED) is 0.0185. The summed E-state index contributed by atoms with van der Waals surface area (Å²) >= 11 is 10.8. The molecule has 0 unspecified atom stereocenters. The van der Waals surface area contributed by atoms with Gasteiger partial charge in [-0.1, -0.05) is 33.0 Å². The van der Waals surface area contributed by atoms with Crippen molar-refractivity contribution in [3.8, 4) is 0 Å². The summed E-state index contributed by atoms with van der Waals surface area (Å²) in [7, 11) is 0. The number of anilines is 2. The summed E-state index contributed by atoms with van der Waals surface area (Å²) in [6.45, 7) is 9.60. The van der Waals surface area contributed by atoms with E-state index >= 15 is 0 Å². The zero-order valence-corrected chi connectivity index (χ0v) is 42.6. The van der Waals surface area contributed by atoms with Crippen molar-refractivity contribution >= 4 is 87.3 Å². The zero-order chi connectivity index (χ0) is 51.6. The van der Waals surface area contributed by atoms with Gasteiger partial charge in [0, 0.05) is 115 Å². The molecule has 21 nitrogen and oxygen atoms in total. The van der Waals surface area contributed by atoms with Crippen molar-refractivity contribution in [1.29, 1.82) is 0 Å². The van der Waals surface area contributed by atoms with Crippen LogP contribution in [0.5, 0.6) is 0 Å². The highest BCUT2D eigenvalue weighted by molar-refractivity contribution is 7.80. The Hall–Kier alpha value is -5.07. The highest BCUT2D eigenvalue weighted by Crippen LogP contribution is 2.20. The summed E-state index contributed by atoms with van der Waals surface area (Å²) in [5.74, 6) is -3.15. The normalized spacial score (nSPS) is 10.9. The van der Waals surface area contributed by atoms with Crippen LogP contribution in [0.4, 0.5) is 11.4 Å². The zero-order valence-electron chi connectivity index (χ0n) is 40.9. The number of unbranched alkanes of at least 4 members (excludes halogenated alkanes) is 8. The molecule has 0 saturated carbocycles. The van der Waals surface area contributed by atoms with E-state index in [0.29, 0.717) is 116 Å². The first kappa shape index (κ1) is 61.9. The number of hydrogen-bond donors (Lipinski definition) is 10. The van der Waals surface area contributed by atoms with Crippen LogP contribution in [0.1, 0.15) is 143 Å². The van der Waals surface area contributed by atoms with Gasteiger partial charge in [-0.05, 0) is 114 Å². The molecule has 0 radical (unpaired) electrons. The number of carbonyl (C=O) groups is 7. The lowest BCUT2D eigenvalue weighted by Crippen LogP contribution is -2.32. The average Bonchev–Trinajstić information content (AvgIpc) is 3.30. The molecule has 1 aromatic carbocycles. The molecule has 10 N–H and O–H groups in total. The summed E-state index contributed by atoms with van der Waals surface area (Å²) < 4.78 is 0. The third-order valence-electron chi connectivity index (χ3n) is 10.4. The number of amides is 7. The van der Waals surface area contributed by atoms with Gasteiger partial charge < -0.3 is 31.9 Å². The van der Waals surface area contributed by atoms with Gasteiger partial charge in [0.15, 0.2) is 5.11 Å². The van der Waals surface area contributed by atoms with Crippen LogP contribution in [-0.4, -0.2) is 145 Å². The number of carbonyl (C=O) groups excluding carboxylic acids is 7. The van der Waals surface area contributed by atoms with Crippen LogP contribution < -0.4 is 31.9 Å². The van der Waals surface area contributed by atoms with Gasteiger partial charge in [0.2, 0.25) is 41.4 Å². The molecule has 0 atom stereocenters. The van der Waals surface area contributed by atoms with Crippen LogP contribution in [0.3, 0.4) is 0 Å². The van der Waals surface area contributed by atoms with Gasteiger partial charge in [0.25, 0.3) is 0 Å². The summed E-state index contributed by atoms with van der Waals surface area (Å²) in [5, 5.41) is 60.0. The fourth-order valence-electron chi connectivity index (χ4n) is 6.11. The van der Waals surface area contributed by atoms with E-state index < -0.39 is 23.6 Å². The lowest BCUT2D eigenvalue weighted by molar-refractivity contribution is -0.166. The fraction of sp³-hybridized carbons (Fsp3) is 0.674. The smallest absolute Gasteiger partial charge is 0.246 e. The molecule has 7 amide bonds. The SMILES string of the molecule is CC(=O)N(O)CCCCCNC(=O)CCC(=O)N(O)CCCCCNC(=O)CCC(=O)N(O)CCCCCNC(=O)CCC(=O)N(O)CCCCCNC(=S)Nc1ccc(NC(=S)C(C)(C)C)cc1. The Morgan fingerprint density at radius 1 is 0.449 bits per heavy atom. The Bertz CT molecular complexity index is 1770. The van der Waals surface area contributed by atoms with Crippen LogP contribution in [-0.2, 0) is 33.6 Å². The van der Waals surface area contributed by atoms with Crippen LogP contribution in [0, 0.1) is 5.41 Å². The first-order valence-electron chi connectivity index (χ1n) is 23.9. The highest BCUT2D eigenvalue weighted by atomic mass is 32.1. The number of hydroxylamine groups is 8. The van der Waals surface area contributed by atoms with E-state index in [-0.39, 0.29) is 87.8 Å². The van der Waals surface area contributed by atoms with Gasteiger partial charge in [0.1, 0.15) is 0 Å². The predicted octanol–water partition coefficient (Wildman–Crippen LogP) is 5.02. The summed E-state index contributed by atoms with van der Waals surface area (Å²) in [4.78, 5) is 84.8. The number of rotatable bonds is 35. The van der Waals surface area contributed by atoms with Crippen molar-refractivity contribution in [1.82, 2.24) is 41.5 Å². The summed E-state index contributed by atoms with van der Waals surface area (Å²) in [6.07, 6.45) is 6.59. The Morgan fingerprint density at radius 2 is 0.754 bits per heavy atom. The van der Waals surface area contributed by atoms with E-state index in [4.69, 9.17) is 24.4 Å². The van der Waals surface area contributed by atoms with Gasteiger partial charge >= 0.3 is 0 Å². The van der Waals surface area contributed by atoms with Crippen molar-refractivity contribution in [2.24, 2.45) is 5.41 Å². The van der Waals surface area contributed by atoms with Gasteiger partial charge in [0.05, 0.1) is 4.99 Å². The molecular weight excluding hydrogens is 933 g/mol. The molecule has 390 valence electrons. The van der Waals surface area contributed by atoms with Crippen LogP contribution in [0.2, 0.25) is 0 Å². The van der Waals surface area contributed by atoms with Crippen molar-refractivity contribution in [3.05, 3.63) is 24.3 Å². The number of hydrogen-bond acceptors (Lipinski definition) is 13. The van der Waals surface area contributed by atoms with E-state index in [9.17, 15) is 54.4 Å². The molecule has 23 heteroatoms. The minimum Gasteiger partial charge on any atom is -0.362 e. The Balaban J connectivity index is 2.02. The second kappa shape index (κ2) is 36.0. The molecule has 0 spiro atoms. The van der Waals surface area contributed by atoms with Crippen LogP contribution in [0.15, 0.2) is 24.3 Å². The second-order valence-electron chi connectivity index (χ2n) is 17.6. The summed E-state index contributed by atoms with van der Waals surface area (Å²) in [5.41, 5.74) is 1.60. The third kappa shape index (κ3) is 31.6. The maximum absolute atomic E-state index is 12.3. The number of nitrogens with zero attached hydrogens (tertiary/aromatic N) is 4. The standard InChI is InChI=1S/C46H78N10O11S2/c1-35(57)53(64)31-13-5-9-27-47-38(58)21-24-41(61)54(65)32-14-6-10-28-48-39(59)22-25-42(62)55(66)33-15-7-11-29-49-40(60)23-26-43(63)56(67)34-16-8-12-30-50-45(69)52-37-19-17-36(18-20-37)51-44(68)46(2,3)4/h17-20,64-67H,5-16,21-34H2,1-4H3,(H,47,58)(H,48,59)(H,49,60)(H,51,68)(H2,50,52,69). The maximum atomic E-state index is 12.3. The van der Waals surface area contributed by atoms with Crippen molar-refractivity contribution in [2.75, 3.05) is 63.0 Å². The molecule has 0 aliphatic rings. The van der Waals surface area contributed by atoms with Crippen molar-refractivity contribution < 1.29 is 54.4 Å². The molecule has 0 bridgehead atoms. The van der Waals surface area contributed by atoms with Gasteiger partial charge in [-0.2, -0.15) is 0 Å². The molecular formula is C46H78N10O11S2. The molecule has 69 heavy (non-hydrogen) atoms. The molecule has 0 saturated heterocycles. The molecule has 1 rings (SSSR count). The molecule has 0 aliphatic heterocycles. The topological polar surface area (TPSA) is 286 Å². The van der Waals surface area contributed by atoms with Gasteiger partial charge in [-0.15, -0.1) is 0 Å². The van der Waals surface area contributed by atoms with E-state index in [1.54, 1.807) is 0 Å². The van der Waals surface area contributed by atoms with Crippen molar-refractivity contribution in [3.63, 3.8) is 0 Å². The Labute approximate surface area is 417 Å². The number of thiocarbonyl (C=S) groups is 2. The first-order chi connectivity index (χ1) is 32.7. The lowest BCUT2D eigenvalue weighted by atomic mass is 9.96. The average molecular weight is 1010 g/mol. The van der Waals surface area contributed by atoms with E-state index in [0.717, 1.165) is 29.2 Å². The number of nitrogens with one attached hydrogen (secondary N) is 6. The molecule has 0 fully saturated rings. The monoisotopic (exact) mass is 1010 g/mol. The maximum Gasteiger partial charge on any atom is 0.246 e. The first-order valence-corrected chi connectivity index (χ1v) is 24.7. The number of benzene rings is 1. The lowest BCUT2D eigenvalue weighted by Gasteiger charge is -2.21. The molecule has 0 aromatic heterocycles. The fourth-order valence-corrected chi connectivity index (χ4v) is 6.45. The van der Waals surface area contributed by atoms with E-state index in [2.05, 4.69) is 31.9 Å². The van der Waals surface area contributed by atoms with Crippen LogP contribution >= 0.6 is 24.4 Å². The summed E-state index contributed by atoms with van der Waals surface area (Å²) in [6, 6.07) is 7.65. The molecule has 1 aromatic rings. The van der Waals surface area contributed by atoms with Gasteiger partial charge in [-0.25, -0.2) is 20.3 Å². The van der Waals surface area contributed by atoms with E-state index in [1.165, 1.54) is 6.92 Å². The predicted molar refractivity (Wildman–Crippen MR) is 268 cm³/mol. The highest BCUT2D eigenvalue weighted by Gasteiger charge is 2.18. The van der Waals surface area contributed by atoms with Crippen LogP contribution in [0.25, 0.3) is 0 Å². The minimum absolute atomic E-state index is 0.0621. The molecule has 0 heterocycles. The minimum atomic E-state index is -0.594. The molecule has 0 aliphatic carbocycles. The third-order valence-corrected chi connectivity index (χ3v) is 11.4. The largest absolute Gasteiger partial charge is 0.362 e. The Morgan fingerprint density at radius 3 is 1.07 bits per heavy atom. The Kier molecular flexibility index (Phi) is 32.3. The van der Waals surface area contributed by atoms with Gasteiger partial charge in [-0.3, -0.25) is 54.4 Å². The van der Waals surface area contributed by atoms with E-state index in [1.807, 2.05) is 45.0 Å².